The molecule has 0 amide bonds. The lowest BCUT2D eigenvalue weighted by Crippen LogP contribution is -2.70. The summed E-state index contributed by atoms with van der Waals surface area (Å²) in [6.45, 7) is 26.9. The number of carbonyl (C=O) groups is 3. The third-order valence-corrected chi connectivity index (χ3v) is 33.4. The largest absolute Gasteiger partial charge is 0.462 e. The first-order valence-electron chi connectivity index (χ1n) is 48.6. The van der Waals surface area contributed by atoms with Crippen molar-refractivity contribution in [3.8, 4) is 0 Å². The number of rotatable bonds is 33. The van der Waals surface area contributed by atoms with Crippen molar-refractivity contribution in [1.29, 1.82) is 0 Å². The van der Waals surface area contributed by atoms with E-state index in [0.717, 1.165) is 5.57 Å². The second kappa shape index (κ2) is 43.9. The highest BCUT2D eigenvalue weighted by atomic mass is 16.8. The molecule has 12 fully saturated rings. The van der Waals surface area contributed by atoms with E-state index in [4.69, 9.17) is 85.3 Å². The van der Waals surface area contributed by atoms with E-state index in [1.54, 1.807) is 26.8 Å². The Labute approximate surface area is 806 Å². The monoisotopic (exact) mass is 2000 g/mol. The molecule has 0 radical (unpaired) electrons. The van der Waals surface area contributed by atoms with Crippen LogP contribution in [0.1, 0.15) is 173 Å². The van der Waals surface area contributed by atoms with Crippen molar-refractivity contribution in [1.82, 2.24) is 0 Å². The van der Waals surface area contributed by atoms with E-state index in [1.807, 2.05) is 13.8 Å². The van der Waals surface area contributed by atoms with Gasteiger partial charge in [0.1, 0.15) is 164 Å². The van der Waals surface area contributed by atoms with Gasteiger partial charge in [0.15, 0.2) is 56.2 Å². The standard InChI is InChI=1S/C95H152O44/c1-16-90(11,121)26-18-20-40(4)78(119)133-72-41(5)126-84(70(116)65(72)111)139-91(12,17-2)27-19-21-39(3)77(118)131-55-32-95(87(120)138-86-76(64(110)59(105)48(34-97)129-86)137-83-71(117)74(135-82-69(115)62(108)58(104)47(33-96)127-82)73(42(6)125-83)134-81-67(113)60(106)49(35-98)128-81)44(30-88(55,7)8)43-22-23-52-92(13)28-25-54(89(9,10)51(92)24-29-93(52,14)94(43,15)31-53(95)101)132-80-68(114)63(109)61(107)50(130-80)38-124-85-75(57(103)46(100)37-123-85)136-79-66(112)56(102)45(99)36-122-79/h16-17,20,22,39,41-42,44-76,79-86,96-117,121H,1-2,18-19,21,23-38H2,3-15H3. The molecule has 0 aromatic heterocycles. The number of aliphatic hydroxyl groups excluding tert-OH is 22. The smallest absolute Gasteiger partial charge is 0.333 e. The Hall–Kier alpha value is -4.15. The van der Waals surface area contributed by atoms with Crippen LogP contribution in [0, 0.1) is 56.2 Å². The molecule has 0 aromatic rings. The van der Waals surface area contributed by atoms with Crippen LogP contribution in [0.5, 0.6) is 0 Å². The maximum absolute atomic E-state index is 16.8. The number of esters is 3. The molecule has 796 valence electrons. The molecule has 50 unspecified atom stereocenters. The fourth-order valence-electron chi connectivity index (χ4n) is 24.2. The van der Waals surface area contributed by atoms with Gasteiger partial charge in [-0.25, -0.2) is 4.79 Å². The minimum absolute atomic E-state index is 0.0232. The van der Waals surface area contributed by atoms with Crippen LogP contribution in [-0.4, -0.2) is 432 Å². The second-order valence-corrected chi connectivity index (χ2v) is 43.4. The molecule has 8 aliphatic heterocycles. The highest BCUT2D eigenvalue weighted by Gasteiger charge is 2.74. The lowest BCUT2D eigenvalue weighted by atomic mass is 9.33. The van der Waals surface area contributed by atoms with Crippen molar-refractivity contribution >= 4 is 17.9 Å². The van der Waals surface area contributed by atoms with Gasteiger partial charge in [-0.1, -0.05) is 85.3 Å². The summed E-state index contributed by atoms with van der Waals surface area (Å²) in [5.74, 6) is -4.89. The van der Waals surface area contributed by atoms with E-state index in [-0.39, 0.29) is 55.9 Å². The maximum Gasteiger partial charge on any atom is 0.333 e. The number of aliphatic hydroxyl groups is 23. The topological polar surface area (TPSA) is 683 Å². The van der Waals surface area contributed by atoms with Crippen molar-refractivity contribution in [2.45, 2.75) is 430 Å². The van der Waals surface area contributed by atoms with E-state index >= 15 is 9.59 Å². The molecule has 8 saturated heterocycles. The number of carbonyl (C=O) groups excluding carboxylic acids is 3. The van der Waals surface area contributed by atoms with E-state index in [0.29, 0.717) is 38.5 Å². The Bertz CT molecular complexity index is 4200. The first-order valence-corrected chi connectivity index (χ1v) is 48.6. The summed E-state index contributed by atoms with van der Waals surface area (Å²) in [4.78, 5) is 45.1. The molecular formula is C95H152O44. The summed E-state index contributed by atoms with van der Waals surface area (Å²) >= 11 is 0. The lowest BCUT2D eigenvalue weighted by Gasteiger charge is -2.72. The summed E-state index contributed by atoms with van der Waals surface area (Å²) in [5, 5.41) is 257. The molecule has 13 aliphatic rings. The van der Waals surface area contributed by atoms with Crippen LogP contribution in [0.25, 0.3) is 0 Å². The Kier molecular flexibility index (Phi) is 35.4. The summed E-state index contributed by atoms with van der Waals surface area (Å²) < 4.78 is 110. The molecule has 4 saturated carbocycles. The first kappa shape index (κ1) is 112. The Morgan fingerprint density at radius 2 is 1.01 bits per heavy atom. The van der Waals surface area contributed by atoms with Crippen LogP contribution in [0.2, 0.25) is 0 Å². The molecule has 0 bridgehead atoms. The fourth-order valence-corrected chi connectivity index (χ4v) is 24.2. The maximum atomic E-state index is 16.8. The molecule has 5 aliphatic carbocycles. The number of allylic oxidation sites excluding steroid dienone is 3. The third kappa shape index (κ3) is 21.8. The Morgan fingerprint density at radius 1 is 0.504 bits per heavy atom. The van der Waals surface area contributed by atoms with Gasteiger partial charge in [0.2, 0.25) is 6.29 Å². The van der Waals surface area contributed by atoms with Crippen molar-refractivity contribution in [3.05, 3.63) is 48.6 Å². The summed E-state index contributed by atoms with van der Waals surface area (Å²) in [6.07, 6.45) is -59.2. The van der Waals surface area contributed by atoms with Crippen molar-refractivity contribution < 1.29 is 217 Å². The number of hydrogen-bond acceptors (Lipinski definition) is 44. The van der Waals surface area contributed by atoms with E-state index in [2.05, 4.69) is 53.9 Å². The average molecular weight is 2000 g/mol. The Balaban J connectivity index is 0.763. The van der Waals surface area contributed by atoms with E-state index < -0.39 is 365 Å². The van der Waals surface area contributed by atoms with E-state index in [1.165, 1.54) is 32.9 Å². The summed E-state index contributed by atoms with van der Waals surface area (Å²) in [5.41, 5.74) is -7.69. The van der Waals surface area contributed by atoms with Gasteiger partial charge in [-0.3, -0.25) is 9.59 Å². The van der Waals surface area contributed by atoms with Crippen LogP contribution in [0.15, 0.2) is 48.6 Å². The normalized spacial score (nSPS) is 48.8. The fraction of sp³-hybridized carbons (Fsp3) is 0.884. The van der Waals surface area contributed by atoms with Gasteiger partial charge in [0.25, 0.3) is 0 Å². The van der Waals surface area contributed by atoms with Crippen LogP contribution in [-0.2, 0) is 99.6 Å². The Morgan fingerprint density at radius 3 is 1.63 bits per heavy atom. The minimum atomic E-state index is -2.26. The highest BCUT2D eigenvalue weighted by molar-refractivity contribution is 5.88. The second-order valence-electron chi connectivity index (χ2n) is 43.4. The average Bonchev–Trinajstić information content (AvgIpc) is 0.776. The minimum Gasteiger partial charge on any atom is -0.462 e. The molecule has 139 heavy (non-hydrogen) atoms. The van der Waals surface area contributed by atoms with Gasteiger partial charge in [0, 0.05) is 17.4 Å². The lowest BCUT2D eigenvalue weighted by molar-refractivity contribution is -0.390. The predicted molar refractivity (Wildman–Crippen MR) is 471 cm³/mol. The van der Waals surface area contributed by atoms with Crippen LogP contribution < -0.4 is 0 Å². The SMILES string of the molecule is C=CC(C)(O)CCC=C(C)C(=O)OC1C(C)OC(OC(C)(C=C)CCCC(C)C(=O)OC2CC3(C(=O)OC4OC(CO)C(O)C(O)C4OC4OC(C)C(OC5OC(CO)C(O)C5O)C(OC5OC(CO)C(O)C(O)C5O)C4O)C(O)CC4(C)C(=CCC5C6(C)CCC(OC7OC(COC8OCC(O)C(O)C8OC8OCC(O)C(O)C8O)C(O)C(O)C7O)C(C)(C)C6CCC54C)C3CC2(C)C)C(O)C1O. The van der Waals surface area contributed by atoms with Crippen LogP contribution in [0.3, 0.4) is 0 Å². The molecular weight excluding hydrogens is 1850 g/mol. The third-order valence-electron chi connectivity index (χ3n) is 33.4. The highest BCUT2D eigenvalue weighted by Crippen LogP contribution is 2.76. The molecule has 8 heterocycles. The molecule has 44 heteroatoms. The van der Waals surface area contributed by atoms with Gasteiger partial charge >= 0.3 is 17.9 Å². The van der Waals surface area contributed by atoms with Gasteiger partial charge in [-0.05, 0) is 151 Å². The van der Waals surface area contributed by atoms with Gasteiger partial charge < -0.3 is 203 Å². The van der Waals surface area contributed by atoms with Crippen LogP contribution in [0.4, 0.5) is 0 Å². The van der Waals surface area contributed by atoms with Gasteiger partial charge in [-0.15, -0.1) is 13.2 Å². The number of ether oxygens (including phenoxy) is 18. The first-order chi connectivity index (χ1) is 65.1. The molecule has 23 N–H and O–H groups in total. The van der Waals surface area contributed by atoms with Crippen molar-refractivity contribution in [3.63, 3.8) is 0 Å². The molecule has 0 aromatic carbocycles. The van der Waals surface area contributed by atoms with Crippen LogP contribution >= 0.6 is 0 Å². The zero-order valence-corrected chi connectivity index (χ0v) is 80.9. The summed E-state index contributed by atoms with van der Waals surface area (Å²) in [7, 11) is 0. The number of hydrogen-bond donors (Lipinski definition) is 23. The van der Waals surface area contributed by atoms with Crippen molar-refractivity contribution in [2.24, 2.45) is 56.2 Å². The van der Waals surface area contributed by atoms with Crippen molar-refractivity contribution in [2.75, 3.05) is 39.6 Å². The summed E-state index contributed by atoms with van der Waals surface area (Å²) in [6, 6.07) is 0. The quantitative estimate of drug-likeness (QED) is 0.00971. The number of fused-ring (bicyclic) bond motifs is 7. The molecule has 13 rings (SSSR count). The van der Waals surface area contributed by atoms with Gasteiger partial charge in [0.05, 0.1) is 81.2 Å². The molecule has 0 spiro atoms. The predicted octanol–water partition coefficient (Wildman–Crippen LogP) is -4.32. The molecule has 44 nitrogen and oxygen atoms in total. The molecule has 50 atom stereocenters. The zero-order valence-electron chi connectivity index (χ0n) is 80.9. The zero-order chi connectivity index (χ0) is 102. The van der Waals surface area contributed by atoms with E-state index in [9.17, 15) is 122 Å². The van der Waals surface area contributed by atoms with Gasteiger partial charge in [-0.2, -0.15) is 0 Å².